The highest BCUT2D eigenvalue weighted by atomic mass is 16.7. The number of ether oxygens (including phenoxy) is 3. The van der Waals surface area contributed by atoms with E-state index in [-0.39, 0.29) is 17.2 Å². The van der Waals surface area contributed by atoms with Crippen molar-refractivity contribution < 1.29 is 33.6 Å². The number of amides is 1. The largest absolute Gasteiger partial charge is 0.462 e. The number of rotatable bonds is 4. The maximum atomic E-state index is 12.1. The first-order valence-corrected chi connectivity index (χ1v) is 8.79. The molecule has 9 nitrogen and oxygen atoms in total. The van der Waals surface area contributed by atoms with E-state index in [9.17, 15) is 19.8 Å². The first-order chi connectivity index (χ1) is 13.2. The van der Waals surface area contributed by atoms with E-state index in [2.05, 4.69) is 5.32 Å². The molecule has 5 atom stereocenters. The fourth-order valence-corrected chi connectivity index (χ4v) is 3.27. The number of benzene rings is 1. The molecule has 1 aliphatic heterocycles. The number of carbonyl (C=O) groups excluding carboxylic acids is 1. The van der Waals surface area contributed by atoms with Gasteiger partial charge in [-0.2, -0.15) is 0 Å². The van der Waals surface area contributed by atoms with Crippen LogP contribution in [0.5, 0.6) is 5.75 Å². The summed E-state index contributed by atoms with van der Waals surface area (Å²) in [5, 5.41) is 23.5. The molecule has 1 fully saturated rings. The maximum absolute atomic E-state index is 12.1. The molecule has 0 saturated carbocycles. The summed E-state index contributed by atoms with van der Waals surface area (Å²) in [6.07, 6.45) is -4.83. The summed E-state index contributed by atoms with van der Waals surface area (Å²) < 4.78 is 21.9. The Hall–Kier alpha value is -2.46. The third kappa shape index (κ3) is 3.74. The first kappa shape index (κ1) is 20.3. The SMILES string of the molecule is CO[C@@H]1[C@@H](O)[C@@H](O)[C@H](Oc2ccc3cc(NC(C)=O)c(=O)oc3c2C)O[C@H]1C. The summed E-state index contributed by atoms with van der Waals surface area (Å²) in [6, 6.07) is 4.80. The number of aliphatic hydroxyl groups is 2. The van der Waals surface area contributed by atoms with Gasteiger partial charge < -0.3 is 34.2 Å². The molecule has 0 radical (unpaired) electrons. The zero-order valence-electron chi connectivity index (χ0n) is 16.0. The Morgan fingerprint density at radius 1 is 1.25 bits per heavy atom. The fourth-order valence-electron chi connectivity index (χ4n) is 3.27. The van der Waals surface area contributed by atoms with Gasteiger partial charge in [-0.3, -0.25) is 4.79 Å². The Bertz CT molecular complexity index is 939. The average molecular weight is 393 g/mol. The van der Waals surface area contributed by atoms with Crippen LogP contribution >= 0.6 is 0 Å². The van der Waals surface area contributed by atoms with Crippen LogP contribution in [0.2, 0.25) is 0 Å². The molecule has 28 heavy (non-hydrogen) atoms. The summed E-state index contributed by atoms with van der Waals surface area (Å²) in [4.78, 5) is 23.3. The van der Waals surface area contributed by atoms with Crippen molar-refractivity contribution in [3.05, 3.63) is 34.2 Å². The van der Waals surface area contributed by atoms with E-state index < -0.39 is 36.3 Å². The Balaban J connectivity index is 1.91. The molecule has 2 aromatic rings. The predicted octanol–water partition coefficient (Wildman–Crippen LogP) is 0.920. The second-order valence-corrected chi connectivity index (χ2v) is 6.74. The molecule has 3 rings (SSSR count). The lowest BCUT2D eigenvalue weighted by atomic mass is 10.00. The minimum atomic E-state index is -1.33. The van der Waals surface area contributed by atoms with Crippen molar-refractivity contribution in [3.63, 3.8) is 0 Å². The lowest BCUT2D eigenvalue weighted by Gasteiger charge is -2.40. The number of methoxy groups -OCH3 is 1. The molecular weight excluding hydrogens is 370 g/mol. The van der Waals surface area contributed by atoms with Gasteiger partial charge in [-0.25, -0.2) is 4.79 Å². The monoisotopic (exact) mass is 393 g/mol. The predicted molar refractivity (Wildman–Crippen MR) is 99.3 cm³/mol. The minimum absolute atomic E-state index is 0.0432. The number of hydrogen-bond donors (Lipinski definition) is 3. The highest BCUT2D eigenvalue weighted by Crippen LogP contribution is 2.31. The fraction of sp³-hybridized carbons (Fsp3) is 0.474. The van der Waals surface area contributed by atoms with E-state index in [0.717, 1.165) is 0 Å². The summed E-state index contributed by atoms with van der Waals surface area (Å²) >= 11 is 0. The minimum Gasteiger partial charge on any atom is -0.462 e. The van der Waals surface area contributed by atoms with Gasteiger partial charge in [0.25, 0.3) is 0 Å². The summed E-state index contributed by atoms with van der Waals surface area (Å²) in [7, 11) is 1.42. The second kappa shape index (κ2) is 7.88. The Kier molecular flexibility index (Phi) is 5.71. The topological polar surface area (TPSA) is 127 Å². The van der Waals surface area contributed by atoms with Crippen LogP contribution in [0.15, 0.2) is 27.4 Å². The lowest BCUT2D eigenvalue weighted by molar-refractivity contribution is -0.272. The van der Waals surface area contributed by atoms with Gasteiger partial charge in [0, 0.05) is 25.0 Å². The molecule has 1 saturated heterocycles. The van der Waals surface area contributed by atoms with E-state index in [4.69, 9.17) is 18.6 Å². The average Bonchev–Trinajstić information content (AvgIpc) is 2.63. The molecule has 3 N–H and O–H groups in total. The van der Waals surface area contributed by atoms with Gasteiger partial charge in [0.15, 0.2) is 0 Å². The van der Waals surface area contributed by atoms with Gasteiger partial charge in [0.2, 0.25) is 12.2 Å². The number of anilines is 1. The zero-order valence-corrected chi connectivity index (χ0v) is 16.0. The van der Waals surface area contributed by atoms with Gasteiger partial charge in [-0.05, 0) is 32.0 Å². The van der Waals surface area contributed by atoms with E-state index in [0.29, 0.717) is 16.7 Å². The molecule has 2 heterocycles. The van der Waals surface area contributed by atoms with Crippen molar-refractivity contribution in [2.45, 2.75) is 51.5 Å². The number of nitrogens with one attached hydrogen (secondary N) is 1. The molecule has 0 bridgehead atoms. The summed E-state index contributed by atoms with van der Waals surface area (Å²) in [5.41, 5.74) is 0.145. The van der Waals surface area contributed by atoms with Crippen LogP contribution in [-0.4, -0.2) is 53.9 Å². The molecular formula is C19H23NO8. The normalized spacial score (nSPS) is 27.6. The molecule has 1 aliphatic rings. The highest BCUT2D eigenvalue weighted by molar-refractivity contribution is 5.91. The van der Waals surface area contributed by atoms with Crippen LogP contribution in [-0.2, 0) is 14.3 Å². The summed E-state index contributed by atoms with van der Waals surface area (Å²) in [6.45, 7) is 4.69. The third-order valence-corrected chi connectivity index (χ3v) is 4.70. The number of aliphatic hydroxyl groups excluding tert-OH is 2. The van der Waals surface area contributed by atoms with Crippen LogP contribution in [0.3, 0.4) is 0 Å². The zero-order chi connectivity index (χ0) is 20.6. The standard InChI is InChI=1S/C19H23NO8/c1-8-13(27-19-15(23)14(22)17(25-4)9(2)26-19)6-5-11-7-12(20-10(3)21)18(24)28-16(8)11/h5-7,9,14-15,17,19,22-23H,1-4H3,(H,20,21)/t9-,14-,15+,17-,19-/m0/s1. The molecule has 0 aliphatic carbocycles. The second-order valence-electron chi connectivity index (χ2n) is 6.74. The molecule has 0 spiro atoms. The van der Waals surface area contributed by atoms with E-state index in [1.54, 1.807) is 26.0 Å². The quantitative estimate of drug-likeness (QED) is 0.655. The van der Waals surface area contributed by atoms with Crippen LogP contribution in [0.1, 0.15) is 19.4 Å². The van der Waals surface area contributed by atoms with Crippen molar-refractivity contribution >= 4 is 22.6 Å². The van der Waals surface area contributed by atoms with Crippen molar-refractivity contribution in [1.82, 2.24) is 0 Å². The van der Waals surface area contributed by atoms with Crippen molar-refractivity contribution in [2.24, 2.45) is 0 Å². The van der Waals surface area contributed by atoms with Gasteiger partial charge in [-0.15, -0.1) is 0 Å². The number of hydrogen-bond acceptors (Lipinski definition) is 8. The van der Waals surface area contributed by atoms with Gasteiger partial charge in [0.1, 0.15) is 35.3 Å². The van der Waals surface area contributed by atoms with Gasteiger partial charge in [-0.1, -0.05) is 0 Å². The van der Waals surface area contributed by atoms with E-state index in [1.165, 1.54) is 20.1 Å². The lowest BCUT2D eigenvalue weighted by Crippen LogP contribution is -2.58. The smallest absolute Gasteiger partial charge is 0.360 e. The number of carbonyl (C=O) groups is 1. The van der Waals surface area contributed by atoms with Crippen molar-refractivity contribution in [3.8, 4) is 5.75 Å². The van der Waals surface area contributed by atoms with Gasteiger partial charge in [0.05, 0.1) is 6.10 Å². The van der Waals surface area contributed by atoms with Crippen LogP contribution < -0.4 is 15.7 Å². The van der Waals surface area contributed by atoms with E-state index >= 15 is 0 Å². The molecule has 1 aromatic heterocycles. The van der Waals surface area contributed by atoms with Gasteiger partial charge >= 0.3 is 5.63 Å². The molecule has 1 aromatic carbocycles. The van der Waals surface area contributed by atoms with Crippen LogP contribution in [0.25, 0.3) is 11.0 Å². The maximum Gasteiger partial charge on any atom is 0.360 e. The Morgan fingerprint density at radius 2 is 1.96 bits per heavy atom. The Morgan fingerprint density at radius 3 is 2.61 bits per heavy atom. The Labute approximate surface area is 160 Å². The molecule has 0 unspecified atom stereocenters. The van der Waals surface area contributed by atoms with Crippen LogP contribution in [0.4, 0.5) is 5.69 Å². The molecule has 9 heteroatoms. The number of aryl methyl sites for hydroxylation is 1. The van der Waals surface area contributed by atoms with Crippen molar-refractivity contribution in [1.29, 1.82) is 0 Å². The number of fused-ring (bicyclic) bond motifs is 1. The molecule has 152 valence electrons. The first-order valence-electron chi connectivity index (χ1n) is 8.79. The third-order valence-electron chi connectivity index (χ3n) is 4.70. The van der Waals surface area contributed by atoms with Crippen LogP contribution in [0, 0.1) is 6.92 Å². The highest BCUT2D eigenvalue weighted by Gasteiger charge is 2.44. The van der Waals surface area contributed by atoms with Crippen molar-refractivity contribution in [2.75, 3.05) is 12.4 Å². The molecule has 1 amide bonds. The van der Waals surface area contributed by atoms with E-state index in [1.807, 2.05) is 0 Å². The summed E-state index contributed by atoms with van der Waals surface area (Å²) in [5.74, 6) is -0.0592.